The number of nitrogens with zero attached hydrogens (tertiary/aromatic N) is 1. The largest absolute Gasteiger partial charge is 0.453 e. The van der Waals surface area contributed by atoms with Crippen molar-refractivity contribution in [1.82, 2.24) is 10.6 Å². The number of benzene rings is 2. The number of guanidine groups is 1. The molecule has 12 heteroatoms. The number of carbonyl (C=O) groups is 2. The Labute approximate surface area is 197 Å². The Balaban J connectivity index is 1.79. The number of hydrogen-bond acceptors (Lipinski definition) is 3. The molecule has 0 bridgehead atoms. The summed E-state index contributed by atoms with van der Waals surface area (Å²) in [5, 5.41) is 8.39. The monoisotopic (exact) mass is 498 g/mol. The summed E-state index contributed by atoms with van der Waals surface area (Å²) in [6.07, 6.45) is -2.85. The second-order valence-electron chi connectivity index (χ2n) is 7.93. The predicted octanol–water partition coefficient (Wildman–Crippen LogP) is 4.85. The quantitative estimate of drug-likeness (QED) is 0.319. The smallest absolute Gasteiger partial charge is 0.416 e. The van der Waals surface area contributed by atoms with Crippen LogP contribution in [0.3, 0.4) is 0 Å². The van der Waals surface area contributed by atoms with Crippen molar-refractivity contribution in [2.45, 2.75) is 43.9 Å². The van der Waals surface area contributed by atoms with Crippen LogP contribution in [0.25, 0.3) is 0 Å². The third kappa shape index (κ3) is 7.39. The van der Waals surface area contributed by atoms with E-state index in [0.29, 0.717) is 31.7 Å². The van der Waals surface area contributed by atoms with E-state index in [0.717, 1.165) is 24.3 Å². The Morgan fingerprint density at radius 1 is 0.943 bits per heavy atom. The molecule has 188 valence electrons. The van der Waals surface area contributed by atoms with Crippen molar-refractivity contribution in [3.63, 3.8) is 0 Å². The third-order valence-corrected chi connectivity index (χ3v) is 5.41. The number of nitrogens with one attached hydrogen (secondary N) is 3. The van der Waals surface area contributed by atoms with Crippen LogP contribution in [0, 0.1) is 11.6 Å². The van der Waals surface area contributed by atoms with Crippen LogP contribution < -0.4 is 16.0 Å². The highest BCUT2D eigenvalue weighted by Gasteiger charge is 2.30. The zero-order valence-electron chi connectivity index (χ0n) is 18.6. The highest BCUT2D eigenvalue weighted by molar-refractivity contribution is 6.06. The lowest BCUT2D eigenvalue weighted by atomic mass is 9.91. The predicted molar refractivity (Wildman–Crippen MR) is 118 cm³/mol. The highest BCUT2D eigenvalue weighted by Crippen LogP contribution is 2.30. The van der Waals surface area contributed by atoms with E-state index >= 15 is 0 Å². The zero-order valence-corrected chi connectivity index (χ0v) is 18.6. The number of amides is 2. The second-order valence-corrected chi connectivity index (χ2v) is 7.93. The highest BCUT2D eigenvalue weighted by atomic mass is 19.4. The number of methoxy groups -OCH3 is 1. The van der Waals surface area contributed by atoms with Crippen LogP contribution >= 0.6 is 0 Å². The molecule has 1 fully saturated rings. The maximum Gasteiger partial charge on any atom is 0.416 e. The molecule has 1 saturated carbocycles. The van der Waals surface area contributed by atoms with Crippen LogP contribution in [0.2, 0.25) is 0 Å². The van der Waals surface area contributed by atoms with Gasteiger partial charge in [0.2, 0.25) is 5.96 Å². The topological polar surface area (TPSA) is 91.8 Å². The van der Waals surface area contributed by atoms with Gasteiger partial charge in [0.1, 0.15) is 0 Å². The van der Waals surface area contributed by atoms with Crippen molar-refractivity contribution in [1.29, 1.82) is 0 Å². The van der Waals surface area contributed by atoms with Crippen molar-refractivity contribution in [3.05, 3.63) is 65.2 Å². The second kappa shape index (κ2) is 11.2. The molecule has 2 aromatic carbocycles. The summed E-state index contributed by atoms with van der Waals surface area (Å²) in [5.74, 6) is -3.44. The van der Waals surface area contributed by atoms with Gasteiger partial charge in [-0.1, -0.05) is 6.07 Å². The van der Waals surface area contributed by atoms with Gasteiger partial charge in [0.15, 0.2) is 11.6 Å². The standard InChI is InChI=1S/C23H23F5N4O3/c1-35-22(34)31-16-8-6-15(7-9-16)29-21(30-17-4-2-3-14(12-17)23(26,27)28)32-20(33)13-5-10-18(24)19(25)11-13/h2-5,10-12,15-16H,6-9H2,1H3,(H,31,34)(H2,29,30,32,33)/t15-,16-. The molecule has 2 amide bonds. The number of hydrogen-bond donors (Lipinski definition) is 3. The molecule has 3 rings (SSSR count). The van der Waals surface area contributed by atoms with Crippen molar-refractivity contribution < 1.29 is 36.3 Å². The van der Waals surface area contributed by atoms with Gasteiger partial charge in [0, 0.05) is 23.3 Å². The summed E-state index contributed by atoms with van der Waals surface area (Å²) in [4.78, 5) is 27.9. The van der Waals surface area contributed by atoms with Crippen molar-refractivity contribution >= 4 is 23.6 Å². The SMILES string of the molecule is COC(=O)N[C@H]1CC[C@H](N/C(=N/C(=O)c2ccc(F)c(F)c2)Nc2cccc(C(F)(F)F)c2)CC1. The summed E-state index contributed by atoms with van der Waals surface area (Å²) < 4.78 is 70.7. The minimum atomic E-state index is -4.57. The summed E-state index contributed by atoms with van der Waals surface area (Å²) >= 11 is 0. The van der Waals surface area contributed by atoms with Crippen LogP contribution in [-0.4, -0.2) is 37.2 Å². The minimum absolute atomic E-state index is 0.0187. The van der Waals surface area contributed by atoms with E-state index in [4.69, 9.17) is 0 Å². The van der Waals surface area contributed by atoms with E-state index < -0.39 is 35.4 Å². The van der Waals surface area contributed by atoms with E-state index in [1.807, 2.05) is 0 Å². The summed E-state index contributed by atoms with van der Waals surface area (Å²) in [6, 6.07) is 6.51. The molecule has 0 aliphatic heterocycles. The van der Waals surface area contributed by atoms with E-state index in [1.54, 1.807) is 0 Å². The minimum Gasteiger partial charge on any atom is -0.453 e. The van der Waals surface area contributed by atoms with Crippen molar-refractivity contribution in [2.24, 2.45) is 4.99 Å². The molecule has 1 aliphatic carbocycles. The molecule has 7 nitrogen and oxygen atoms in total. The van der Waals surface area contributed by atoms with Gasteiger partial charge in [-0.2, -0.15) is 18.2 Å². The molecular formula is C23H23F5N4O3. The van der Waals surface area contributed by atoms with Gasteiger partial charge in [-0.15, -0.1) is 0 Å². The molecule has 0 radical (unpaired) electrons. The average Bonchev–Trinajstić information content (AvgIpc) is 2.81. The third-order valence-electron chi connectivity index (χ3n) is 5.41. The normalized spacial score (nSPS) is 18.5. The Kier molecular flexibility index (Phi) is 8.26. The number of carbonyl (C=O) groups excluding carboxylic acids is 2. The molecule has 0 aromatic heterocycles. The Hall–Kier alpha value is -3.70. The number of ether oxygens (including phenoxy) is 1. The molecule has 0 spiro atoms. The first-order chi connectivity index (χ1) is 16.5. The molecule has 0 atom stereocenters. The number of aliphatic imine (C=N–C) groups is 1. The van der Waals surface area contributed by atoms with Crippen LogP contribution in [0.4, 0.5) is 32.4 Å². The maximum absolute atomic E-state index is 13.6. The lowest BCUT2D eigenvalue weighted by Gasteiger charge is -2.30. The first-order valence-electron chi connectivity index (χ1n) is 10.7. The fourth-order valence-corrected chi connectivity index (χ4v) is 3.60. The number of alkyl carbamates (subject to hydrolysis) is 1. The molecular weight excluding hydrogens is 475 g/mol. The van der Waals surface area contributed by atoms with E-state index in [2.05, 4.69) is 25.7 Å². The van der Waals surface area contributed by atoms with Crippen LogP contribution in [0.5, 0.6) is 0 Å². The number of halogens is 5. The Morgan fingerprint density at radius 3 is 2.20 bits per heavy atom. The first kappa shape index (κ1) is 25.9. The van der Waals surface area contributed by atoms with Crippen LogP contribution in [0.1, 0.15) is 41.6 Å². The first-order valence-corrected chi connectivity index (χ1v) is 10.7. The summed E-state index contributed by atoms with van der Waals surface area (Å²) in [7, 11) is 1.26. The zero-order chi connectivity index (χ0) is 25.6. The van der Waals surface area contributed by atoms with Gasteiger partial charge in [0.25, 0.3) is 5.91 Å². The average molecular weight is 498 g/mol. The number of alkyl halides is 3. The molecule has 0 saturated heterocycles. The van der Waals surface area contributed by atoms with Crippen LogP contribution in [-0.2, 0) is 10.9 Å². The number of rotatable bonds is 4. The van der Waals surface area contributed by atoms with Gasteiger partial charge >= 0.3 is 12.3 Å². The van der Waals surface area contributed by atoms with E-state index in [-0.39, 0.29) is 29.3 Å². The molecule has 0 unspecified atom stereocenters. The molecule has 35 heavy (non-hydrogen) atoms. The Bertz CT molecular complexity index is 1100. The molecule has 0 heterocycles. The maximum atomic E-state index is 13.6. The van der Waals surface area contributed by atoms with E-state index in [9.17, 15) is 31.5 Å². The van der Waals surface area contributed by atoms with Gasteiger partial charge in [-0.25, -0.2) is 13.6 Å². The van der Waals surface area contributed by atoms with Gasteiger partial charge in [-0.05, 0) is 62.1 Å². The fraction of sp³-hybridized carbons (Fsp3) is 0.348. The lowest BCUT2D eigenvalue weighted by Crippen LogP contribution is -2.45. The summed E-state index contributed by atoms with van der Waals surface area (Å²) in [5.41, 5.74) is -1.12. The van der Waals surface area contributed by atoms with Crippen molar-refractivity contribution in [3.8, 4) is 0 Å². The van der Waals surface area contributed by atoms with Gasteiger partial charge < -0.3 is 20.7 Å². The van der Waals surface area contributed by atoms with Crippen molar-refractivity contribution in [2.75, 3.05) is 12.4 Å². The van der Waals surface area contributed by atoms with E-state index in [1.165, 1.54) is 19.2 Å². The van der Waals surface area contributed by atoms with Gasteiger partial charge in [-0.3, -0.25) is 4.79 Å². The number of anilines is 1. The molecule has 3 N–H and O–H groups in total. The van der Waals surface area contributed by atoms with Crippen LogP contribution in [0.15, 0.2) is 47.5 Å². The van der Waals surface area contributed by atoms with Gasteiger partial charge in [0.05, 0.1) is 12.7 Å². The summed E-state index contributed by atoms with van der Waals surface area (Å²) in [6.45, 7) is 0. The fourth-order valence-electron chi connectivity index (χ4n) is 3.60. The molecule has 2 aromatic rings. The Morgan fingerprint density at radius 2 is 1.60 bits per heavy atom. The lowest BCUT2D eigenvalue weighted by molar-refractivity contribution is -0.137. The molecule has 1 aliphatic rings.